The van der Waals surface area contributed by atoms with Crippen molar-refractivity contribution in [1.29, 1.82) is 5.26 Å². The van der Waals surface area contributed by atoms with Crippen LogP contribution in [-0.2, 0) is 11.8 Å². The number of aromatic nitrogens is 2. The Labute approximate surface area is 176 Å². The van der Waals surface area contributed by atoms with Crippen LogP contribution in [0.2, 0.25) is 0 Å². The molecule has 5 rings (SSSR count). The second-order valence-corrected chi connectivity index (χ2v) is 8.98. The monoisotopic (exact) mass is 404 g/mol. The van der Waals surface area contributed by atoms with Crippen LogP contribution in [0.1, 0.15) is 60.6 Å². The molecule has 7 heteroatoms. The van der Waals surface area contributed by atoms with Crippen LogP contribution in [0, 0.1) is 23.2 Å². The number of nitrogens with zero attached hydrogens (tertiary/aromatic N) is 3. The molecule has 4 atom stereocenters. The third-order valence-corrected chi connectivity index (χ3v) is 7.28. The maximum Gasteiger partial charge on any atom is 0.237 e. The van der Waals surface area contributed by atoms with Crippen molar-refractivity contribution in [2.24, 2.45) is 24.6 Å². The summed E-state index contributed by atoms with van der Waals surface area (Å²) in [6.07, 6.45) is 6.97. The summed E-state index contributed by atoms with van der Waals surface area (Å²) in [6, 6.07) is 8.78. The number of nitrogens with one attached hydrogen (secondary N) is 2. The number of nitrogens with two attached hydrogens (primary N) is 1. The summed E-state index contributed by atoms with van der Waals surface area (Å²) in [6.45, 7) is 0.496. The summed E-state index contributed by atoms with van der Waals surface area (Å²) >= 11 is 0. The van der Waals surface area contributed by atoms with Crippen molar-refractivity contribution < 1.29 is 4.79 Å². The first-order valence-electron chi connectivity index (χ1n) is 10.9. The Balaban J connectivity index is 1.52. The molecule has 1 amide bonds. The topological polar surface area (TPSA) is 109 Å². The van der Waals surface area contributed by atoms with Gasteiger partial charge in [0.25, 0.3) is 0 Å². The highest BCUT2D eigenvalue weighted by atomic mass is 16.2. The molecule has 4 unspecified atom stereocenters. The molecule has 30 heavy (non-hydrogen) atoms. The molecule has 4 N–H and O–H groups in total. The number of carbonyl (C=O) groups excluding carboxylic acids is 1. The van der Waals surface area contributed by atoms with Crippen molar-refractivity contribution in [2.45, 2.75) is 50.0 Å². The smallest absolute Gasteiger partial charge is 0.237 e. The Bertz CT molecular complexity index is 1020. The molecule has 1 aliphatic heterocycles. The minimum atomic E-state index is 0.0176. The summed E-state index contributed by atoms with van der Waals surface area (Å²) < 4.78 is 1.90. The third-order valence-electron chi connectivity index (χ3n) is 7.28. The fraction of sp³-hybridized carbons (Fsp3) is 0.522. The van der Waals surface area contributed by atoms with E-state index in [2.05, 4.69) is 40.2 Å². The van der Waals surface area contributed by atoms with Gasteiger partial charge in [-0.3, -0.25) is 14.9 Å². The molecule has 0 radical (unpaired) electrons. The van der Waals surface area contributed by atoms with Gasteiger partial charge in [-0.25, -0.2) is 5.43 Å². The van der Waals surface area contributed by atoms with Crippen molar-refractivity contribution in [3.05, 3.63) is 41.1 Å². The van der Waals surface area contributed by atoms with Crippen molar-refractivity contribution in [1.82, 2.24) is 20.6 Å². The quantitative estimate of drug-likeness (QED) is 0.724. The zero-order chi connectivity index (χ0) is 20.8. The van der Waals surface area contributed by atoms with Gasteiger partial charge in [0, 0.05) is 36.7 Å². The predicted octanol–water partition coefficient (Wildman–Crippen LogP) is 2.30. The Morgan fingerprint density at radius 3 is 2.77 bits per heavy atom. The van der Waals surface area contributed by atoms with E-state index in [4.69, 9.17) is 5.73 Å². The molecule has 3 fully saturated rings. The lowest BCUT2D eigenvalue weighted by Crippen LogP contribution is -2.62. The number of hydrogen-bond donors (Lipinski definition) is 3. The van der Waals surface area contributed by atoms with Crippen LogP contribution in [0.15, 0.2) is 24.4 Å². The molecule has 0 spiro atoms. The Kier molecular flexibility index (Phi) is 4.84. The predicted molar refractivity (Wildman–Crippen MR) is 113 cm³/mol. The third kappa shape index (κ3) is 3.11. The summed E-state index contributed by atoms with van der Waals surface area (Å²) in [4.78, 5) is 12.3. The van der Waals surface area contributed by atoms with Gasteiger partial charge < -0.3 is 5.73 Å². The zero-order valence-electron chi connectivity index (χ0n) is 17.3. The highest BCUT2D eigenvalue weighted by Gasteiger charge is 2.43. The van der Waals surface area contributed by atoms with Gasteiger partial charge in [0.1, 0.15) is 6.07 Å². The average Bonchev–Trinajstić information content (AvgIpc) is 3.55. The van der Waals surface area contributed by atoms with Gasteiger partial charge in [-0.15, -0.1) is 0 Å². The first kappa shape index (κ1) is 19.3. The van der Waals surface area contributed by atoms with Crippen LogP contribution in [0.3, 0.4) is 0 Å². The van der Waals surface area contributed by atoms with Crippen LogP contribution in [0.5, 0.6) is 0 Å². The number of hydrogen-bond acceptors (Lipinski definition) is 5. The van der Waals surface area contributed by atoms with Gasteiger partial charge in [0.15, 0.2) is 0 Å². The average molecular weight is 405 g/mol. The number of carbonyl (C=O) groups is 1. The molecule has 3 aliphatic rings. The van der Waals surface area contributed by atoms with E-state index in [1.54, 1.807) is 0 Å². The maximum absolute atomic E-state index is 12.3. The lowest BCUT2D eigenvalue weighted by Gasteiger charge is -2.43. The summed E-state index contributed by atoms with van der Waals surface area (Å²) in [5, 5.41) is 14.6. The van der Waals surface area contributed by atoms with E-state index in [9.17, 15) is 10.1 Å². The molecule has 7 nitrogen and oxygen atoms in total. The molecular formula is C23H28N6O. The molecule has 1 saturated heterocycles. The second kappa shape index (κ2) is 7.53. The van der Waals surface area contributed by atoms with Gasteiger partial charge in [0.2, 0.25) is 5.91 Å². The lowest BCUT2D eigenvalue weighted by atomic mass is 9.68. The van der Waals surface area contributed by atoms with Gasteiger partial charge >= 0.3 is 0 Å². The number of hydrazine groups is 1. The van der Waals surface area contributed by atoms with Gasteiger partial charge in [-0.05, 0) is 55.4 Å². The summed E-state index contributed by atoms with van der Waals surface area (Å²) in [5.74, 6) is 1.13. The van der Waals surface area contributed by atoms with E-state index in [1.807, 2.05) is 17.9 Å². The fourth-order valence-corrected chi connectivity index (χ4v) is 5.57. The van der Waals surface area contributed by atoms with E-state index in [0.29, 0.717) is 18.4 Å². The normalized spacial score (nSPS) is 28.5. The first-order chi connectivity index (χ1) is 14.6. The van der Waals surface area contributed by atoms with E-state index in [1.165, 1.54) is 11.1 Å². The van der Waals surface area contributed by atoms with Crippen molar-refractivity contribution in [2.75, 3.05) is 6.54 Å². The number of amides is 1. The molecule has 156 valence electrons. The van der Waals surface area contributed by atoms with E-state index in [0.717, 1.165) is 48.9 Å². The van der Waals surface area contributed by atoms with Crippen LogP contribution >= 0.6 is 0 Å². The van der Waals surface area contributed by atoms with E-state index >= 15 is 0 Å². The Morgan fingerprint density at radius 2 is 2.03 bits per heavy atom. The lowest BCUT2D eigenvalue weighted by molar-refractivity contribution is -0.133. The molecule has 2 aromatic rings. The number of fused-ring (bicyclic) bond motifs is 1. The van der Waals surface area contributed by atoms with E-state index < -0.39 is 0 Å². The highest BCUT2D eigenvalue weighted by molar-refractivity contribution is 5.79. The first-order valence-corrected chi connectivity index (χ1v) is 10.9. The molecular weight excluding hydrogens is 376 g/mol. The standard InChI is InChI=1S/C23H28N6O/c1-29-22(16-4-2-3-15(13-5-6-13)19(16)10-24)20(12-26-29)14-7-8-17-18(9-14)21(11-25)27-28-23(17)30/h2-4,12-14,17-18,21,27H,5-9,11,25H2,1H3,(H,28,30). The minimum Gasteiger partial charge on any atom is -0.329 e. The number of rotatable bonds is 4. The van der Waals surface area contributed by atoms with Gasteiger partial charge in [0.05, 0.1) is 17.5 Å². The van der Waals surface area contributed by atoms with Crippen LogP contribution in [-0.4, -0.2) is 28.3 Å². The molecule has 2 aliphatic carbocycles. The number of nitriles is 1. The van der Waals surface area contributed by atoms with Crippen LogP contribution in [0.4, 0.5) is 0 Å². The van der Waals surface area contributed by atoms with Crippen molar-refractivity contribution in [3.8, 4) is 17.3 Å². The summed E-state index contributed by atoms with van der Waals surface area (Å²) in [5.41, 5.74) is 17.0. The molecule has 0 bridgehead atoms. The van der Waals surface area contributed by atoms with Crippen molar-refractivity contribution in [3.63, 3.8) is 0 Å². The van der Waals surface area contributed by atoms with Crippen LogP contribution < -0.4 is 16.6 Å². The number of benzene rings is 1. The number of aryl methyl sites for hydroxylation is 1. The SMILES string of the molecule is Cn1ncc(C2CCC3C(=O)NNC(CN)C3C2)c1-c1cccc(C2CC2)c1C#N. The zero-order valence-corrected chi connectivity index (χ0v) is 17.3. The molecule has 2 saturated carbocycles. The second-order valence-electron chi connectivity index (χ2n) is 8.98. The van der Waals surface area contributed by atoms with Gasteiger partial charge in [-0.1, -0.05) is 18.2 Å². The largest absolute Gasteiger partial charge is 0.329 e. The maximum atomic E-state index is 12.3. The van der Waals surface area contributed by atoms with Crippen LogP contribution in [0.25, 0.3) is 11.3 Å². The minimum absolute atomic E-state index is 0.0176. The fourth-order valence-electron chi connectivity index (χ4n) is 5.57. The Morgan fingerprint density at radius 1 is 1.23 bits per heavy atom. The molecule has 1 aromatic carbocycles. The van der Waals surface area contributed by atoms with Crippen molar-refractivity contribution >= 4 is 5.91 Å². The molecule has 2 heterocycles. The van der Waals surface area contributed by atoms with E-state index in [-0.39, 0.29) is 23.8 Å². The molecule has 1 aromatic heterocycles. The van der Waals surface area contributed by atoms with Gasteiger partial charge in [-0.2, -0.15) is 10.4 Å². The highest BCUT2D eigenvalue weighted by Crippen LogP contribution is 2.47. The Hall–Kier alpha value is -2.69. The summed E-state index contributed by atoms with van der Waals surface area (Å²) in [7, 11) is 1.95.